The lowest BCUT2D eigenvalue weighted by Crippen LogP contribution is -2.42. The molecule has 170 valence electrons. The molecule has 1 fully saturated rings. The van der Waals surface area contributed by atoms with Crippen LogP contribution in [0.2, 0.25) is 0 Å². The maximum Gasteiger partial charge on any atom is 0.229 e. The largest absolute Gasteiger partial charge is 0.375 e. The van der Waals surface area contributed by atoms with Gasteiger partial charge < -0.3 is 20.7 Å². The standard InChI is InChI=1S/C23H32N8O/c1-15(2)27-22-21-18(11-19(28-22)16(3)32-4)13-26-23(30-21)29-20-6-5-17(12-25-20)14-31-9-7-24-8-10-31/h5-6,11-13,15-16,24H,7-10,14H2,1-4H3,(H,27,28)(H,25,26,29,30). The number of hydrogen-bond acceptors (Lipinski definition) is 9. The molecule has 0 amide bonds. The van der Waals surface area contributed by atoms with Crippen molar-refractivity contribution in [2.24, 2.45) is 0 Å². The lowest BCUT2D eigenvalue weighted by atomic mass is 10.2. The van der Waals surface area contributed by atoms with Crippen LogP contribution in [0.5, 0.6) is 0 Å². The Kier molecular flexibility index (Phi) is 7.09. The Hall–Kier alpha value is -2.88. The highest BCUT2D eigenvalue weighted by Gasteiger charge is 2.15. The molecule has 1 atom stereocenters. The van der Waals surface area contributed by atoms with Gasteiger partial charge in [0, 0.05) is 63.7 Å². The number of nitrogens with one attached hydrogen (secondary N) is 3. The fraction of sp³-hybridized carbons (Fsp3) is 0.478. The third kappa shape index (κ3) is 5.48. The van der Waals surface area contributed by atoms with Crippen LogP contribution in [-0.4, -0.2) is 64.2 Å². The highest BCUT2D eigenvalue weighted by molar-refractivity contribution is 5.89. The average Bonchev–Trinajstić information content (AvgIpc) is 2.80. The van der Waals surface area contributed by atoms with Crippen LogP contribution >= 0.6 is 0 Å². The zero-order chi connectivity index (χ0) is 22.5. The molecule has 0 radical (unpaired) electrons. The quantitative estimate of drug-likeness (QED) is 0.492. The summed E-state index contributed by atoms with van der Waals surface area (Å²) < 4.78 is 5.45. The first kappa shape index (κ1) is 22.3. The highest BCUT2D eigenvalue weighted by Crippen LogP contribution is 2.26. The van der Waals surface area contributed by atoms with E-state index in [9.17, 15) is 0 Å². The maximum absolute atomic E-state index is 5.45. The van der Waals surface area contributed by atoms with Crippen LogP contribution in [0.1, 0.15) is 38.1 Å². The van der Waals surface area contributed by atoms with Gasteiger partial charge in [0.05, 0.1) is 11.8 Å². The molecule has 4 heterocycles. The Balaban J connectivity index is 1.53. The minimum atomic E-state index is -0.117. The molecular formula is C23H32N8O. The number of hydrogen-bond donors (Lipinski definition) is 3. The number of aromatic nitrogens is 4. The van der Waals surface area contributed by atoms with Gasteiger partial charge in [-0.25, -0.2) is 19.9 Å². The SMILES string of the molecule is COC(C)c1cc2cnc(Nc3ccc(CN4CCNCC4)cn3)nc2c(NC(C)C)n1. The van der Waals surface area contributed by atoms with E-state index in [1.807, 2.05) is 31.5 Å². The molecule has 1 aliphatic rings. The van der Waals surface area contributed by atoms with E-state index in [2.05, 4.69) is 50.7 Å². The highest BCUT2D eigenvalue weighted by atomic mass is 16.5. The Bertz CT molecular complexity index is 1030. The van der Waals surface area contributed by atoms with E-state index in [1.165, 1.54) is 5.56 Å². The molecule has 32 heavy (non-hydrogen) atoms. The van der Waals surface area contributed by atoms with Crippen LogP contribution in [0.4, 0.5) is 17.6 Å². The first-order valence-electron chi connectivity index (χ1n) is 11.1. The van der Waals surface area contributed by atoms with E-state index >= 15 is 0 Å². The molecule has 9 nitrogen and oxygen atoms in total. The normalized spacial score (nSPS) is 15.8. The van der Waals surface area contributed by atoms with E-state index in [1.54, 1.807) is 7.11 Å². The fourth-order valence-corrected chi connectivity index (χ4v) is 3.66. The number of piperazine rings is 1. The van der Waals surface area contributed by atoms with E-state index in [0.717, 1.165) is 55.1 Å². The number of methoxy groups -OCH3 is 1. The molecule has 3 N–H and O–H groups in total. The summed E-state index contributed by atoms with van der Waals surface area (Å²) in [5.74, 6) is 1.92. The van der Waals surface area contributed by atoms with Crippen molar-refractivity contribution in [3.63, 3.8) is 0 Å². The van der Waals surface area contributed by atoms with Gasteiger partial charge in [-0.2, -0.15) is 0 Å². The lowest BCUT2D eigenvalue weighted by molar-refractivity contribution is 0.116. The predicted molar refractivity (Wildman–Crippen MR) is 127 cm³/mol. The van der Waals surface area contributed by atoms with Crippen molar-refractivity contribution in [2.45, 2.75) is 39.5 Å². The first-order valence-corrected chi connectivity index (χ1v) is 11.1. The van der Waals surface area contributed by atoms with Crippen LogP contribution in [0.15, 0.2) is 30.6 Å². The number of fused-ring (bicyclic) bond motifs is 1. The summed E-state index contributed by atoms with van der Waals surface area (Å²) in [6, 6.07) is 6.27. The van der Waals surface area contributed by atoms with Gasteiger partial charge in [0.1, 0.15) is 11.3 Å². The van der Waals surface area contributed by atoms with Crippen molar-refractivity contribution in [1.29, 1.82) is 0 Å². The molecule has 0 bridgehead atoms. The van der Waals surface area contributed by atoms with E-state index in [0.29, 0.717) is 11.8 Å². The first-order chi connectivity index (χ1) is 15.5. The summed E-state index contributed by atoms with van der Waals surface area (Å²) in [4.78, 5) is 21.0. The summed E-state index contributed by atoms with van der Waals surface area (Å²) in [7, 11) is 1.68. The van der Waals surface area contributed by atoms with E-state index < -0.39 is 0 Å². The second-order valence-corrected chi connectivity index (χ2v) is 8.41. The van der Waals surface area contributed by atoms with Crippen molar-refractivity contribution in [1.82, 2.24) is 30.2 Å². The monoisotopic (exact) mass is 436 g/mol. The van der Waals surface area contributed by atoms with Gasteiger partial charge in [-0.15, -0.1) is 0 Å². The molecule has 4 rings (SSSR count). The van der Waals surface area contributed by atoms with E-state index in [4.69, 9.17) is 14.7 Å². The third-order valence-corrected chi connectivity index (χ3v) is 5.46. The Morgan fingerprint density at radius 1 is 1.09 bits per heavy atom. The molecule has 3 aromatic rings. The molecule has 0 aromatic carbocycles. The fourth-order valence-electron chi connectivity index (χ4n) is 3.66. The number of nitrogens with zero attached hydrogens (tertiary/aromatic N) is 5. The van der Waals surface area contributed by atoms with Gasteiger partial charge >= 0.3 is 0 Å². The Labute approximate surface area is 189 Å². The third-order valence-electron chi connectivity index (χ3n) is 5.46. The summed E-state index contributed by atoms with van der Waals surface area (Å²) in [5, 5.41) is 10.9. The molecule has 0 spiro atoms. The van der Waals surface area contributed by atoms with Crippen molar-refractivity contribution in [3.8, 4) is 0 Å². The molecule has 3 aromatic heterocycles. The molecule has 1 saturated heterocycles. The molecular weight excluding hydrogens is 404 g/mol. The van der Waals surface area contributed by atoms with Gasteiger partial charge in [-0.3, -0.25) is 4.90 Å². The summed E-state index contributed by atoms with van der Waals surface area (Å²) >= 11 is 0. The topological polar surface area (TPSA) is 100 Å². The molecule has 1 unspecified atom stereocenters. The smallest absolute Gasteiger partial charge is 0.229 e. The molecule has 0 saturated carbocycles. The van der Waals surface area contributed by atoms with Crippen molar-refractivity contribution >= 4 is 28.5 Å². The molecule has 9 heteroatoms. The minimum absolute atomic E-state index is 0.117. The predicted octanol–water partition coefficient (Wildman–Crippen LogP) is 3.10. The summed E-state index contributed by atoms with van der Waals surface area (Å²) in [5.41, 5.74) is 2.80. The van der Waals surface area contributed by atoms with Gasteiger partial charge in [0.25, 0.3) is 0 Å². The second kappa shape index (κ2) is 10.2. The number of anilines is 3. The van der Waals surface area contributed by atoms with Crippen LogP contribution in [-0.2, 0) is 11.3 Å². The zero-order valence-electron chi connectivity index (χ0n) is 19.2. The summed E-state index contributed by atoms with van der Waals surface area (Å²) in [6.07, 6.45) is 3.61. The van der Waals surface area contributed by atoms with Gasteiger partial charge in [-0.1, -0.05) is 6.07 Å². The van der Waals surface area contributed by atoms with Crippen LogP contribution in [0, 0.1) is 0 Å². The lowest BCUT2D eigenvalue weighted by Gasteiger charge is -2.27. The second-order valence-electron chi connectivity index (χ2n) is 8.41. The van der Waals surface area contributed by atoms with E-state index in [-0.39, 0.29) is 12.1 Å². The van der Waals surface area contributed by atoms with Crippen LogP contribution in [0.25, 0.3) is 10.9 Å². The van der Waals surface area contributed by atoms with Crippen LogP contribution in [0.3, 0.4) is 0 Å². The maximum atomic E-state index is 5.45. The number of rotatable bonds is 8. The van der Waals surface area contributed by atoms with Gasteiger partial charge in [-0.05, 0) is 38.5 Å². The number of ether oxygens (including phenoxy) is 1. The van der Waals surface area contributed by atoms with Crippen molar-refractivity contribution in [2.75, 3.05) is 43.9 Å². The van der Waals surface area contributed by atoms with Crippen LogP contribution < -0.4 is 16.0 Å². The Morgan fingerprint density at radius 2 is 1.91 bits per heavy atom. The summed E-state index contributed by atoms with van der Waals surface area (Å²) in [6.45, 7) is 11.3. The molecule has 1 aliphatic heterocycles. The molecule has 0 aliphatic carbocycles. The zero-order valence-corrected chi connectivity index (χ0v) is 19.2. The van der Waals surface area contributed by atoms with Gasteiger partial charge in [0.15, 0.2) is 5.82 Å². The Morgan fingerprint density at radius 3 is 2.59 bits per heavy atom. The average molecular weight is 437 g/mol. The minimum Gasteiger partial charge on any atom is -0.375 e. The van der Waals surface area contributed by atoms with Gasteiger partial charge in [0.2, 0.25) is 5.95 Å². The van der Waals surface area contributed by atoms with Crippen molar-refractivity contribution in [3.05, 3.63) is 41.9 Å². The van der Waals surface area contributed by atoms with Crippen molar-refractivity contribution < 1.29 is 4.74 Å². The number of pyridine rings is 2.